The van der Waals surface area contributed by atoms with Crippen LogP contribution in [0.2, 0.25) is 0 Å². The smallest absolute Gasteiger partial charge is 0.317 e. The number of sulfonamides is 1. The molecule has 8 nitrogen and oxygen atoms in total. The zero-order valence-corrected chi connectivity index (χ0v) is 14.8. The van der Waals surface area contributed by atoms with Crippen LogP contribution >= 0.6 is 11.9 Å². The molecule has 0 spiro atoms. The minimum atomic E-state index is -3.63. The molecule has 1 fully saturated rings. The van der Waals surface area contributed by atoms with Crippen LogP contribution in [0.4, 0.5) is 0 Å². The molecular formula is C14H17N5O3S2. The van der Waals surface area contributed by atoms with Gasteiger partial charge >= 0.3 is 5.69 Å². The van der Waals surface area contributed by atoms with Gasteiger partial charge in [-0.1, -0.05) is 0 Å². The summed E-state index contributed by atoms with van der Waals surface area (Å²) in [5, 5.41) is 0. The van der Waals surface area contributed by atoms with Gasteiger partial charge in [-0.15, -0.1) is 0 Å². The summed E-state index contributed by atoms with van der Waals surface area (Å²) in [6, 6.07) is 4.73. The molecule has 2 aliphatic rings. The number of imidazole rings is 1. The number of nitrogens with zero attached hydrogens (tertiary/aromatic N) is 3. The monoisotopic (exact) mass is 367 g/mol. The highest BCUT2D eigenvalue weighted by Gasteiger charge is 2.41. The van der Waals surface area contributed by atoms with Gasteiger partial charge in [-0.2, -0.15) is 0 Å². The minimum Gasteiger partial charge on any atom is -0.317 e. The number of hydrogen-bond acceptors (Lipinski definition) is 6. The average molecular weight is 367 g/mol. The van der Waals surface area contributed by atoms with Crippen molar-refractivity contribution >= 4 is 39.3 Å². The first-order chi connectivity index (χ1) is 11.3. The standard InChI is InChI=1S/C14H17N5O3S2/c1-14(5-6-14)17-24(21,22)9-3-4-10-11(7-9)19(13(20)18(10)2)12-15-8-16-23-12/h3-4,7-8,12,17H,5-6H2,1-2H3,(H,15,16). The normalized spacial score (nSPS) is 22.0. The van der Waals surface area contributed by atoms with Crippen molar-refractivity contribution in [2.24, 2.45) is 12.0 Å². The van der Waals surface area contributed by atoms with Crippen LogP contribution in [0.3, 0.4) is 0 Å². The van der Waals surface area contributed by atoms with Crippen molar-refractivity contribution in [1.29, 1.82) is 0 Å². The van der Waals surface area contributed by atoms with Crippen LogP contribution in [0.25, 0.3) is 11.0 Å². The second-order valence-electron chi connectivity index (χ2n) is 6.37. The van der Waals surface area contributed by atoms with Crippen molar-refractivity contribution in [2.45, 2.75) is 35.7 Å². The van der Waals surface area contributed by atoms with E-state index in [0.29, 0.717) is 11.0 Å². The molecule has 0 amide bonds. The summed E-state index contributed by atoms with van der Waals surface area (Å²) in [6.07, 6.45) is 3.20. The molecule has 2 aromatic rings. The average Bonchev–Trinajstić information content (AvgIpc) is 2.96. The summed E-state index contributed by atoms with van der Waals surface area (Å²) in [4.78, 5) is 16.9. The largest absolute Gasteiger partial charge is 0.331 e. The first-order valence-electron chi connectivity index (χ1n) is 7.49. The molecule has 0 saturated heterocycles. The van der Waals surface area contributed by atoms with E-state index in [4.69, 9.17) is 0 Å². The van der Waals surface area contributed by atoms with E-state index >= 15 is 0 Å². The Kier molecular flexibility index (Phi) is 3.35. The number of aliphatic imine (C=N–C) groups is 1. The topological polar surface area (TPSA) is 97.5 Å². The van der Waals surface area contributed by atoms with Crippen molar-refractivity contribution in [3.63, 3.8) is 0 Å². The molecule has 24 heavy (non-hydrogen) atoms. The molecule has 10 heteroatoms. The van der Waals surface area contributed by atoms with E-state index in [1.165, 1.54) is 33.5 Å². The Labute approximate surface area is 143 Å². The number of nitrogens with one attached hydrogen (secondary N) is 2. The van der Waals surface area contributed by atoms with Gasteiger partial charge in [-0.3, -0.25) is 9.13 Å². The van der Waals surface area contributed by atoms with Crippen molar-refractivity contribution in [3.8, 4) is 0 Å². The molecule has 1 saturated carbocycles. The van der Waals surface area contributed by atoms with E-state index < -0.39 is 15.5 Å². The molecule has 0 radical (unpaired) electrons. The summed E-state index contributed by atoms with van der Waals surface area (Å²) in [6.45, 7) is 1.89. The van der Waals surface area contributed by atoms with Gasteiger partial charge in [0.05, 0.1) is 22.3 Å². The Morgan fingerprint density at radius 2 is 2.12 bits per heavy atom. The fourth-order valence-electron chi connectivity index (χ4n) is 2.74. The molecule has 1 aromatic carbocycles. The molecule has 1 unspecified atom stereocenters. The van der Waals surface area contributed by atoms with E-state index in [2.05, 4.69) is 14.4 Å². The number of benzene rings is 1. The molecule has 128 valence electrons. The minimum absolute atomic E-state index is 0.155. The quantitative estimate of drug-likeness (QED) is 0.783. The summed E-state index contributed by atoms with van der Waals surface area (Å²) >= 11 is 1.28. The third-order valence-electron chi connectivity index (χ3n) is 4.40. The van der Waals surface area contributed by atoms with Crippen LogP contribution in [0.5, 0.6) is 0 Å². The Hall–Kier alpha value is -1.78. The van der Waals surface area contributed by atoms with Gasteiger partial charge in [0, 0.05) is 12.6 Å². The fourth-order valence-corrected chi connectivity index (χ4v) is 4.90. The lowest BCUT2D eigenvalue weighted by atomic mass is 10.3. The SMILES string of the molecule is Cn1c(=O)n(C2N=CNS2)c2cc(S(=O)(=O)NC3(C)CC3)ccc21. The van der Waals surface area contributed by atoms with Gasteiger partial charge in [-0.05, 0) is 49.9 Å². The highest BCUT2D eigenvalue weighted by Crippen LogP contribution is 2.36. The summed E-state index contributed by atoms with van der Waals surface area (Å²) in [5.74, 6) is 0. The van der Waals surface area contributed by atoms with Gasteiger partial charge in [0.1, 0.15) is 0 Å². The predicted molar refractivity (Wildman–Crippen MR) is 93.4 cm³/mol. The lowest BCUT2D eigenvalue weighted by molar-refractivity contribution is 0.558. The molecular weight excluding hydrogens is 350 g/mol. The number of rotatable bonds is 4. The van der Waals surface area contributed by atoms with Crippen LogP contribution in [0, 0.1) is 0 Å². The first-order valence-corrected chi connectivity index (χ1v) is 9.85. The predicted octanol–water partition coefficient (Wildman–Crippen LogP) is 0.907. The number of hydrogen-bond donors (Lipinski definition) is 2. The number of aromatic nitrogens is 2. The first kappa shape index (κ1) is 15.7. The zero-order valence-electron chi connectivity index (χ0n) is 13.2. The van der Waals surface area contributed by atoms with E-state index in [-0.39, 0.29) is 16.1 Å². The molecule has 1 aliphatic carbocycles. The van der Waals surface area contributed by atoms with Crippen molar-refractivity contribution in [3.05, 3.63) is 28.7 Å². The van der Waals surface area contributed by atoms with E-state index in [1.54, 1.807) is 19.2 Å². The van der Waals surface area contributed by atoms with Crippen LogP contribution in [-0.2, 0) is 17.1 Å². The second kappa shape index (κ2) is 5.11. The maximum Gasteiger partial charge on any atom is 0.331 e. The van der Waals surface area contributed by atoms with Gasteiger partial charge in [0.15, 0.2) is 5.50 Å². The fraction of sp³-hybridized carbons (Fsp3) is 0.429. The number of aryl methyl sites for hydroxylation is 1. The molecule has 2 N–H and O–H groups in total. The van der Waals surface area contributed by atoms with Crippen LogP contribution in [-0.4, -0.2) is 29.4 Å². The summed E-state index contributed by atoms with van der Waals surface area (Å²) in [5.41, 5.74) is 0.177. The molecule has 2 heterocycles. The lowest BCUT2D eigenvalue weighted by Crippen LogP contribution is -2.34. The highest BCUT2D eigenvalue weighted by molar-refractivity contribution is 7.98. The van der Waals surface area contributed by atoms with E-state index in [0.717, 1.165) is 12.8 Å². The molecule has 1 atom stereocenters. The Bertz CT molecular complexity index is 1020. The third-order valence-corrected chi connectivity index (χ3v) is 6.82. The molecule has 1 aromatic heterocycles. The van der Waals surface area contributed by atoms with Crippen molar-refractivity contribution in [1.82, 2.24) is 18.6 Å². The Balaban J connectivity index is 1.87. The lowest BCUT2D eigenvalue weighted by Gasteiger charge is -2.13. The van der Waals surface area contributed by atoms with E-state index in [9.17, 15) is 13.2 Å². The zero-order chi connectivity index (χ0) is 17.1. The second-order valence-corrected chi connectivity index (χ2v) is 8.94. The summed E-state index contributed by atoms with van der Waals surface area (Å²) < 4.78 is 33.8. The van der Waals surface area contributed by atoms with Crippen molar-refractivity contribution in [2.75, 3.05) is 0 Å². The molecule has 0 bridgehead atoms. The Morgan fingerprint density at radius 3 is 2.75 bits per heavy atom. The van der Waals surface area contributed by atoms with Crippen LogP contribution < -0.4 is 15.1 Å². The maximum atomic E-state index is 12.6. The van der Waals surface area contributed by atoms with Crippen LogP contribution in [0.15, 0.2) is 32.9 Å². The van der Waals surface area contributed by atoms with Gasteiger partial charge in [0.2, 0.25) is 10.0 Å². The van der Waals surface area contributed by atoms with Crippen molar-refractivity contribution < 1.29 is 8.42 Å². The molecule has 4 rings (SSSR count). The maximum absolute atomic E-state index is 12.6. The van der Waals surface area contributed by atoms with Gasteiger partial charge in [0.25, 0.3) is 0 Å². The Morgan fingerprint density at radius 1 is 1.38 bits per heavy atom. The van der Waals surface area contributed by atoms with Crippen LogP contribution in [0.1, 0.15) is 25.3 Å². The third kappa shape index (κ3) is 2.45. The summed E-state index contributed by atoms with van der Waals surface area (Å²) in [7, 11) is -1.96. The highest BCUT2D eigenvalue weighted by atomic mass is 32.2. The van der Waals surface area contributed by atoms with Gasteiger partial charge < -0.3 is 4.72 Å². The molecule has 1 aliphatic heterocycles. The van der Waals surface area contributed by atoms with E-state index in [1.807, 2.05) is 6.92 Å². The van der Waals surface area contributed by atoms with Gasteiger partial charge in [-0.25, -0.2) is 22.9 Å². The number of fused-ring (bicyclic) bond motifs is 1.